The predicted octanol–water partition coefficient (Wildman–Crippen LogP) is 0.223. The van der Waals surface area contributed by atoms with Gasteiger partial charge in [-0.05, 0) is 24.3 Å². The number of aromatic amines is 2. The number of aliphatic imine (C=N–C) groups is 1. The highest BCUT2D eigenvalue weighted by Crippen LogP contribution is 2.19. The molecule has 1 fully saturated rings. The van der Waals surface area contributed by atoms with Crippen molar-refractivity contribution in [3.8, 4) is 0 Å². The quantitative estimate of drug-likeness (QED) is 0.707. The van der Waals surface area contributed by atoms with E-state index in [0.717, 1.165) is 31.9 Å². The van der Waals surface area contributed by atoms with Crippen LogP contribution in [0.25, 0.3) is 0 Å². The number of rotatable bonds is 3. The Morgan fingerprint density at radius 1 is 1.05 bits per heavy atom. The van der Waals surface area contributed by atoms with E-state index in [2.05, 4.69) is 25.2 Å². The minimum atomic E-state index is -0.539. The summed E-state index contributed by atoms with van der Waals surface area (Å²) in [7, 11) is 0. The van der Waals surface area contributed by atoms with Crippen LogP contribution in [0.1, 0.15) is 5.69 Å². The average molecular weight is 299 g/mol. The summed E-state index contributed by atoms with van der Waals surface area (Å²) in [4.78, 5) is 33.6. The number of piperazine rings is 1. The first kappa shape index (κ1) is 14.3. The van der Waals surface area contributed by atoms with Gasteiger partial charge in [0.1, 0.15) is 0 Å². The first-order valence-corrected chi connectivity index (χ1v) is 7.14. The fourth-order valence-corrected chi connectivity index (χ4v) is 2.37. The number of hydrogen-bond donors (Lipinski definition) is 3. The lowest BCUT2D eigenvalue weighted by molar-refractivity contribution is 0.589. The van der Waals surface area contributed by atoms with Crippen LogP contribution < -0.4 is 21.5 Å². The Bertz CT molecular complexity index is 741. The number of anilines is 1. The Morgan fingerprint density at radius 2 is 1.77 bits per heavy atom. The van der Waals surface area contributed by atoms with Crippen molar-refractivity contribution >= 4 is 17.6 Å². The minimum absolute atomic E-state index is 0.375. The van der Waals surface area contributed by atoms with Gasteiger partial charge in [-0.15, -0.1) is 0 Å². The zero-order valence-corrected chi connectivity index (χ0v) is 12.0. The summed E-state index contributed by atoms with van der Waals surface area (Å²) < 4.78 is 0. The maximum Gasteiger partial charge on any atom is 0.326 e. The number of nitrogens with one attached hydrogen (secondary N) is 3. The lowest BCUT2D eigenvalue weighted by atomic mass is 10.2. The number of hydrogen-bond acceptors (Lipinski definition) is 5. The molecule has 2 aromatic rings. The molecule has 2 heterocycles. The molecule has 3 rings (SSSR count). The van der Waals surface area contributed by atoms with E-state index in [1.165, 1.54) is 18.0 Å². The van der Waals surface area contributed by atoms with Gasteiger partial charge in [0.2, 0.25) is 0 Å². The zero-order valence-electron chi connectivity index (χ0n) is 12.0. The molecule has 7 nitrogen and oxygen atoms in total. The topological polar surface area (TPSA) is 93.3 Å². The maximum absolute atomic E-state index is 11.2. The predicted molar refractivity (Wildman–Crippen MR) is 86.5 cm³/mol. The molecule has 0 spiro atoms. The molecule has 1 saturated heterocycles. The monoisotopic (exact) mass is 299 g/mol. The van der Waals surface area contributed by atoms with Gasteiger partial charge in [-0.2, -0.15) is 0 Å². The molecule has 0 bridgehead atoms. The molecule has 0 aliphatic carbocycles. The summed E-state index contributed by atoms with van der Waals surface area (Å²) in [5.74, 6) is 0. The van der Waals surface area contributed by atoms with Gasteiger partial charge in [-0.25, -0.2) is 4.79 Å². The van der Waals surface area contributed by atoms with Crippen LogP contribution in [0.2, 0.25) is 0 Å². The Hall–Kier alpha value is -2.67. The van der Waals surface area contributed by atoms with E-state index in [4.69, 9.17) is 0 Å². The fraction of sp³-hybridized carbons (Fsp3) is 0.267. The second-order valence-electron chi connectivity index (χ2n) is 5.05. The highest BCUT2D eigenvalue weighted by Gasteiger charge is 2.09. The highest BCUT2D eigenvalue weighted by molar-refractivity contribution is 5.79. The van der Waals surface area contributed by atoms with E-state index in [-0.39, 0.29) is 0 Å². The van der Waals surface area contributed by atoms with Crippen LogP contribution in [0, 0.1) is 0 Å². The van der Waals surface area contributed by atoms with Gasteiger partial charge in [0.25, 0.3) is 5.56 Å². The third kappa shape index (κ3) is 3.50. The Labute approximate surface area is 126 Å². The number of aromatic nitrogens is 2. The van der Waals surface area contributed by atoms with Crippen molar-refractivity contribution in [3.63, 3.8) is 0 Å². The Balaban J connectivity index is 1.74. The average Bonchev–Trinajstić information content (AvgIpc) is 2.53. The lowest BCUT2D eigenvalue weighted by Gasteiger charge is -2.29. The molecule has 1 aliphatic rings. The zero-order chi connectivity index (χ0) is 15.4. The SMILES string of the molecule is O=c1cc(C=Nc2ccc(N3CCNCC3)cc2)[nH]c(=O)[nH]1. The second kappa shape index (κ2) is 6.40. The van der Waals surface area contributed by atoms with Crippen molar-refractivity contribution in [2.45, 2.75) is 0 Å². The van der Waals surface area contributed by atoms with Crippen molar-refractivity contribution < 1.29 is 0 Å². The van der Waals surface area contributed by atoms with Gasteiger partial charge in [0.15, 0.2) is 0 Å². The smallest absolute Gasteiger partial charge is 0.326 e. The molecule has 0 radical (unpaired) electrons. The minimum Gasteiger partial charge on any atom is -0.369 e. The van der Waals surface area contributed by atoms with Crippen molar-refractivity contribution in [1.82, 2.24) is 15.3 Å². The van der Waals surface area contributed by atoms with Crippen LogP contribution in [0.3, 0.4) is 0 Å². The van der Waals surface area contributed by atoms with Crippen molar-refractivity contribution in [2.24, 2.45) is 4.99 Å². The summed E-state index contributed by atoms with van der Waals surface area (Å²) >= 11 is 0. The summed E-state index contributed by atoms with van der Waals surface area (Å²) in [6.45, 7) is 3.99. The van der Waals surface area contributed by atoms with E-state index in [9.17, 15) is 9.59 Å². The summed E-state index contributed by atoms with van der Waals surface area (Å²) in [5, 5.41) is 3.32. The van der Waals surface area contributed by atoms with Crippen molar-refractivity contribution in [2.75, 3.05) is 31.1 Å². The molecule has 0 unspecified atom stereocenters. The molecule has 0 saturated carbocycles. The molecule has 1 aromatic heterocycles. The van der Waals surface area contributed by atoms with E-state index in [1.807, 2.05) is 24.3 Å². The van der Waals surface area contributed by atoms with E-state index in [0.29, 0.717) is 5.69 Å². The Kier molecular flexibility index (Phi) is 4.15. The molecule has 1 aliphatic heterocycles. The molecule has 114 valence electrons. The third-order valence-corrected chi connectivity index (χ3v) is 3.47. The first-order valence-electron chi connectivity index (χ1n) is 7.14. The fourth-order valence-electron chi connectivity index (χ4n) is 2.37. The second-order valence-corrected chi connectivity index (χ2v) is 5.05. The van der Waals surface area contributed by atoms with Crippen LogP contribution in [-0.4, -0.2) is 42.4 Å². The molecule has 0 atom stereocenters. The number of H-pyrrole nitrogens is 2. The summed E-state index contributed by atoms with van der Waals surface area (Å²) in [5.41, 5.74) is 1.33. The van der Waals surface area contributed by atoms with Crippen LogP contribution in [-0.2, 0) is 0 Å². The molecule has 7 heteroatoms. The molecular formula is C15H17N5O2. The largest absolute Gasteiger partial charge is 0.369 e. The first-order chi connectivity index (χ1) is 10.7. The van der Waals surface area contributed by atoms with Crippen LogP contribution in [0.15, 0.2) is 44.9 Å². The van der Waals surface area contributed by atoms with Gasteiger partial charge in [-0.1, -0.05) is 0 Å². The maximum atomic E-state index is 11.2. The van der Waals surface area contributed by atoms with E-state index < -0.39 is 11.2 Å². The van der Waals surface area contributed by atoms with Crippen LogP contribution in [0.5, 0.6) is 0 Å². The molecule has 1 aromatic carbocycles. The molecule has 0 amide bonds. The van der Waals surface area contributed by atoms with Crippen molar-refractivity contribution in [1.29, 1.82) is 0 Å². The van der Waals surface area contributed by atoms with Gasteiger partial charge in [0, 0.05) is 37.9 Å². The van der Waals surface area contributed by atoms with Crippen molar-refractivity contribution in [3.05, 3.63) is 56.9 Å². The van der Waals surface area contributed by atoms with E-state index >= 15 is 0 Å². The van der Waals surface area contributed by atoms with Gasteiger partial charge >= 0.3 is 5.69 Å². The standard InChI is InChI=1S/C15H17N5O2/c21-14-9-12(18-15(22)19-14)10-17-11-1-3-13(4-2-11)20-7-5-16-6-8-20/h1-4,9-10,16H,5-8H2,(H2,18,19,21,22). The number of nitrogens with zero attached hydrogens (tertiary/aromatic N) is 2. The number of benzene rings is 1. The lowest BCUT2D eigenvalue weighted by Crippen LogP contribution is -2.43. The molecule has 22 heavy (non-hydrogen) atoms. The Morgan fingerprint density at radius 3 is 2.45 bits per heavy atom. The molecule has 3 N–H and O–H groups in total. The highest BCUT2D eigenvalue weighted by atomic mass is 16.2. The van der Waals surface area contributed by atoms with Crippen LogP contribution >= 0.6 is 0 Å². The third-order valence-electron chi connectivity index (χ3n) is 3.47. The van der Waals surface area contributed by atoms with Gasteiger partial charge in [0.05, 0.1) is 17.6 Å². The van der Waals surface area contributed by atoms with Crippen LogP contribution in [0.4, 0.5) is 11.4 Å². The van der Waals surface area contributed by atoms with Gasteiger partial charge < -0.3 is 15.2 Å². The van der Waals surface area contributed by atoms with E-state index in [1.54, 1.807) is 0 Å². The molecular weight excluding hydrogens is 282 g/mol. The summed E-state index contributed by atoms with van der Waals surface area (Å²) in [6, 6.07) is 9.18. The normalized spacial score (nSPS) is 15.4. The van der Waals surface area contributed by atoms with Gasteiger partial charge in [-0.3, -0.25) is 14.8 Å². The summed E-state index contributed by atoms with van der Waals surface area (Å²) in [6.07, 6.45) is 1.47.